The zero-order valence-electron chi connectivity index (χ0n) is 8.38. The van der Waals surface area contributed by atoms with E-state index in [4.69, 9.17) is 16.7 Å². The van der Waals surface area contributed by atoms with Gasteiger partial charge < -0.3 is 5.11 Å². The Balaban J connectivity index is 2.60. The first-order valence-corrected chi connectivity index (χ1v) is 4.89. The molecule has 2 heterocycles. The van der Waals surface area contributed by atoms with Crippen molar-refractivity contribution in [2.24, 2.45) is 0 Å². The molecule has 2 aromatic heterocycles. The maximum Gasteiger partial charge on any atom is 0.358 e. The van der Waals surface area contributed by atoms with Gasteiger partial charge in [0, 0.05) is 6.20 Å². The number of carbonyl (C=O) groups is 1. The van der Waals surface area contributed by atoms with E-state index >= 15 is 0 Å². The number of rotatable bonds is 2. The summed E-state index contributed by atoms with van der Waals surface area (Å²) < 4.78 is 1.41. The molecule has 0 unspecified atom stereocenters. The van der Waals surface area contributed by atoms with E-state index < -0.39 is 5.97 Å². The molecule has 0 aliphatic heterocycles. The standard InChI is InChI=1S/C10H8ClN3O2/c1-6-8(11)9(10(15)16)13-14(6)7-4-2-3-5-12-7/h2-5H,1H3,(H,15,16). The number of pyridine rings is 1. The van der Waals surface area contributed by atoms with E-state index in [1.165, 1.54) is 4.68 Å². The van der Waals surface area contributed by atoms with Crippen molar-refractivity contribution in [3.05, 3.63) is 40.8 Å². The van der Waals surface area contributed by atoms with Crippen LogP contribution in [-0.2, 0) is 0 Å². The van der Waals surface area contributed by atoms with E-state index in [1.807, 2.05) is 0 Å². The Morgan fingerprint density at radius 3 is 2.75 bits per heavy atom. The van der Waals surface area contributed by atoms with Gasteiger partial charge in [0.2, 0.25) is 0 Å². The van der Waals surface area contributed by atoms with Crippen LogP contribution in [0.25, 0.3) is 5.82 Å². The van der Waals surface area contributed by atoms with Crippen LogP contribution in [0, 0.1) is 6.92 Å². The van der Waals surface area contributed by atoms with Crippen LogP contribution in [0.15, 0.2) is 24.4 Å². The van der Waals surface area contributed by atoms with Crippen LogP contribution in [0.4, 0.5) is 0 Å². The summed E-state index contributed by atoms with van der Waals surface area (Å²) >= 11 is 5.87. The largest absolute Gasteiger partial charge is 0.476 e. The SMILES string of the molecule is Cc1c(Cl)c(C(=O)O)nn1-c1ccccn1. The third-order valence-corrected chi connectivity index (χ3v) is 2.56. The normalized spacial score (nSPS) is 10.4. The highest BCUT2D eigenvalue weighted by Crippen LogP contribution is 2.22. The fourth-order valence-corrected chi connectivity index (χ4v) is 1.52. The molecule has 0 amide bonds. The molecule has 1 N–H and O–H groups in total. The lowest BCUT2D eigenvalue weighted by atomic mass is 10.3. The van der Waals surface area contributed by atoms with Crippen molar-refractivity contribution in [2.45, 2.75) is 6.92 Å². The number of halogens is 1. The lowest BCUT2D eigenvalue weighted by Crippen LogP contribution is -2.03. The average Bonchev–Trinajstić information content (AvgIpc) is 2.58. The predicted octanol–water partition coefficient (Wildman–Crippen LogP) is 1.93. The highest BCUT2D eigenvalue weighted by molar-refractivity contribution is 6.33. The van der Waals surface area contributed by atoms with Crippen molar-refractivity contribution in [3.8, 4) is 5.82 Å². The molecule has 0 atom stereocenters. The molecule has 0 aliphatic rings. The Kier molecular flexibility index (Phi) is 2.62. The van der Waals surface area contributed by atoms with Gasteiger partial charge in [-0.25, -0.2) is 14.5 Å². The molecule has 0 spiro atoms. The van der Waals surface area contributed by atoms with Gasteiger partial charge in [-0.15, -0.1) is 0 Å². The summed E-state index contributed by atoms with van der Waals surface area (Å²) in [6.45, 7) is 1.69. The Bertz CT molecular complexity index is 536. The number of aromatic nitrogens is 3. The summed E-state index contributed by atoms with van der Waals surface area (Å²) in [6.07, 6.45) is 1.60. The third-order valence-electron chi connectivity index (χ3n) is 2.11. The van der Waals surface area contributed by atoms with Gasteiger partial charge in [0.1, 0.15) is 0 Å². The van der Waals surface area contributed by atoms with Crippen LogP contribution in [0.5, 0.6) is 0 Å². The zero-order valence-corrected chi connectivity index (χ0v) is 9.14. The van der Waals surface area contributed by atoms with Gasteiger partial charge in [-0.05, 0) is 19.1 Å². The van der Waals surface area contributed by atoms with Crippen molar-refractivity contribution in [2.75, 3.05) is 0 Å². The maximum atomic E-state index is 10.8. The summed E-state index contributed by atoms with van der Waals surface area (Å²) in [6, 6.07) is 5.28. The Hall–Kier alpha value is -1.88. The topological polar surface area (TPSA) is 68.0 Å². The summed E-state index contributed by atoms with van der Waals surface area (Å²) in [7, 11) is 0. The Labute approximate surface area is 96.3 Å². The molecule has 2 rings (SSSR count). The fourth-order valence-electron chi connectivity index (χ4n) is 1.32. The molecule has 2 aromatic rings. The van der Waals surface area contributed by atoms with Crippen molar-refractivity contribution in [3.63, 3.8) is 0 Å². The van der Waals surface area contributed by atoms with E-state index in [1.54, 1.807) is 31.3 Å². The highest BCUT2D eigenvalue weighted by Gasteiger charge is 2.19. The number of aromatic carboxylic acids is 1. The second-order valence-corrected chi connectivity index (χ2v) is 3.53. The van der Waals surface area contributed by atoms with E-state index in [0.717, 1.165) is 0 Å². The van der Waals surface area contributed by atoms with Crippen LogP contribution in [0.1, 0.15) is 16.2 Å². The second kappa shape index (κ2) is 3.94. The first-order valence-electron chi connectivity index (χ1n) is 4.51. The van der Waals surface area contributed by atoms with Crippen LogP contribution in [0.3, 0.4) is 0 Å². The first-order chi connectivity index (χ1) is 7.61. The molecule has 0 aromatic carbocycles. The molecule has 0 bridgehead atoms. The molecule has 0 aliphatic carbocycles. The van der Waals surface area contributed by atoms with Crippen LogP contribution >= 0.6 is 11.6 Å². The molecule has 0 fully saturated rings. The Morgan fingerprint density at radius 2 is 2.25 bits per heavy atom. The quantitative estimate of drug-likeness (QED) is 0.867. The van der Waals surface area contributed by atoms with Gasteiger partial charge in [0.05, 0.1) is 10.7 Å². The van der Waals surface area contributed by atoms with E-state index in [-0.39, 0.29) is 10.7 Å². The van der Waals surface area contributed by atoms with Crippen LogP contribution in [0.2, 0.25) is 5.02 Å². The molecule has 0 radical (unpaired) electrons. The first kappa shape index (κ1) is 10.6. The van der Waals surface area contributed by atoms with Gasteiger partial charge in [-0.3, -0.25) is 0 Å². The van der Waals surface area contributed by atoms with Gasteiger partial charge in [0.25, 0.3) is 0 Å². The lowest BCUT2D eigenvalue weighted by Gasteiger charge is -2.01. The van der Waals surface area contributed by atoms with Crippen molar-refractivity contribution < 1.29 is 9.90 Å². The van der Waals surface area contributed by atoms with Gasteiger partial charge in [-0.2, -0.15) is 5.10 Å². The predicted molar refractivity (Wildman–Crippen MR) is 58.1 cm³/mol. The number of carboxylic acids is 1. The zero-order chi connectivity index (χ0) is 11.7. The smallest absolute Gasteiger partial charge is 0.358 e. The van der Waals surface area contributed by atoms with E-state index in [0.29, 0.717) is 11.5 Å². The number of hydrogen-bond donors (Lipinski definition) is 1. The highest BCUT2D eigenvalue weighted by atomic mass is 35.5. The second-order valence-electron chi connectivity index (χ2n) is 3.15. The molecule has 82 valence electrons. The minimum Gasteiger partial charge on any atom is -0.476 e. The van der Waals surface area contributed by atoms with Crippen molar-refractivity contribution in [1.29, 1.82) is 0 Å². The van der Waals surface area contributed by atoms with Crippen LogP contribution in [-0.4, -0.2) is 25.8 Å². The number of hydrogen-bond acceptors (Lipinski definition) is 3. The molecule has 5 nitrogen and oxygen atoms in total. The lowest BCUT2D eigenvalue weighted by molar-refractivity contribution is 0.0690. The van der Waals surface area contributed by atoms with E-state index in [9.17, 15) is 4.79 Å². The molecular formula is C10H8ClN3O2. The number of carboxylic acid groups (broad SMARTS) is 1. The molecular weight excluding hydrogens is 230 g/mol. The van der Waals surface area contributed by atoms with Gasteiger partial charge in [0.15, 0.2) is 11.5 Å². The van der Waals surface area contributed by atoms with Gasteiger partial charge in [-0.1, -0.05) is 17.7 Å². The maximum absolute atomic E-state index is 10.8. The Morgan fingerprint density at radius 1 is 1.50 bits per heavy atom. The summed E-state index contributed by atoms with van der Waals surface area (Å²) in [4.78, 5) is 14.9. The molecule has 0 saturated heterocycles. The minimum atomic E-state index is -1.15. The molecule has 0 saturated carbocycles. The van der Waals surface area contributed by atoms with E-state index in [2.05, 4.69) is 10.1 Å². The molecule has 6 heteroatoms. The minimum absolute atomic E-state index is 0.137. The van der Waals surface area contributed by atoms with Crippen molar-refractivity contribution in [1.82, 2.24) is 14.8 Å². The monoisotopic (exact) mass is 237 g/mol. The summed E-state index contributed by atoms with van der Waals surface area (Å²) in [5.41, 5.74) is 0.391. The van der Waals surface area contributed by atoms with Crippen LogP contribution < -0.4 is 0 Å². The summed E-state index contributed by atoms with van der Waals surface area (Å²) in [5, 5.41) is 12.9. The van der Waals surface area contributed by atoms with Crippen molar-refractivity contribution >= 4 is 17.6 Å². The third kappa shape index (κ3) is 1.65. The summed E-state index contributed by atoms with van der Waals surface area (Å²) in [5.74, 6) is -0.614. The van der Waals surface area contributed by atoms with Gasteiger partial charge >= 0.3 is 5.97 Å². The average molecular weight is 238 g/mol. The number of nitrogens with zero attached hydrogens (tertiary/aromatic N) is 3. The fraction of sp³-hybridized carbons (Fsp3) is 0.100. The molecule has 16 heavy (non-hydrogen) atoms.